The number of rotatable bonds is 4. The van der Waals surface area contributed by atoms with Gasteiger partial charge in [0.1, 0.15) is 11.5 Å². The lowest BCUT2D eigenvalue weighted by Crippen LogP contribution is -2.54. The highest BCUT2D eigenvalue weighted by Crippen LogP contribution is 2.31. The average Bonchev–Trinajstić information content (AvgIpc) is 3.29. The Labute approximate surface area is 187 Å². The van der Waals surface area contributed by atoms with Crippen LogP contribution < -0.4 is 26.8 Å². The van der Waals surface area contributed by atoms with Crippen LogP contribution in [0.3, 0.4) is 0 Å². The van der Waals surface area contributed by atoms with Crippen molar-refractivity contribution in [1.82, 2.24) is 24.8 Å². The molecule has 1 saturated heterocycles. The van der Waals surface area contributed by atoms with Gasteiger partial charge in [0.05, 0.1) is 17.6 Å². The molecule has 32 heavy (non-hydrogen) atoms. The van der Waals surface area contributed by atoms with Gasteiger partial charge in [-0.3, -0.25) is 9.36 Å². The molecule has 4 N–H and O–H groups in total. The van der Waals surface area contributed by atoms with Crippen LogP contribution in [-0.4, -0.2) is 44.7 Å². The molecule has 5 rings (SSSR count). The Bertz CT molecular complexity index is 1160. The normalized spacial score (nSPS) is 21.9. The van der Waals surface area contributed by atoms with E-state index in [-0.39, 0.29) is 17.3 Å². The summed E-state index contributed by atoms with van der Waals surface area (Å²) in [5.74, 6) is 1.08. The Hall–Kier alpha value is -3.20. The molecule has 1 aliphatic heterocycles. The van der Waals surface area contributed by atoms with Gasteiger partial charge in [-0.2, -0.15) is 4.98 Å². The van der Waals surface area contributed by atoms with Gasteiger partial charge in [0, 0.05) is 42.8 Å². The summed E-state index contributed by atoms with van der Waals surface area (Å²) in [4.78, 5) is 28.8. The minimum atomic E-state index is -0.170. The number of fused-ring (bicyclic) bond motifs is 1. The van der Waals surface area contributed by atoms with Crippen LogP contribution in [0.25, 0.3) is 11.0 Å². The zero-order valence-electron chi connectivity index (χ0n) is 18.6. The number of nitrogens with two attached hydrogens (primary N) is 1. The third kappa shape index (κ3) is 4.00. The minimum Gasteiger partial charge on any atom is -0.394 e. The molecule has 0 aromatic carbocycles. The fraction of sp³-hybridized carbons (Fsp3) is 0.478. The number of nitrogens with zero attached hydrogens (tertiary/aromatic N) is 5. The molecule has 1 saturated carbocycles. The summed E-state index contributed by atoms with van der Waals surface area (Å²) in [6.07, 6.45) is 7.76. The Kier molecular flexibility index (Phi) is 5.42. The Balaban J connectivity index is 1.41. The lowest BCUT2D eigenvalue weighted by atomic mass is 10.1. The van der Waals surface area contributed by atoms with E-state index >= 15 is 0 Å². The third-order valence-corrected chi connectivity index (χ3v) is 6.40. The summed E-state index contributed by atoms with van der Waals surface area (Å²) in [5.41, 5.74) is 7.77. The predicted octanol–water partition coefficient (Wildman–Crippen LogP) is 2.81. The Morgan fingerprint density at radius 1 is 1.09 bits per heavy atom. The zero-order chi connectivity index (χ0) is 22.2. The number of nitrogen functional groups attached to an aromatic ring is 1. The monoisotopic (exact) mass is 434 g/mol. The molecular formula is C23H30N8O. The maximum Gasteiger partial charge on any atom is 0.275 e. The van der Waals surface area contributed by atoms with Crippen LogP contribution in [0.1, 0.15) is 45.6 Å². The molecule has 0 spiro atoms. The van der Waals surface area contributed by atoms with Crippen LogP contribution in [-0.2, 0) is 0 Å². The number of hydrogen-bond donors (Lipinski definition) is 3. The predicted molar refractivity (Wildman–Crippen MR) is 128 cm³/mol. The Morgan fingerprint density at radius 2 is 1.84 bits per heavy atom. The number of nitrogens with one attached hydrogen (secondary N) is 2. The molecule has 0 bridgehead atoms. The van der Waals surface area contributed by atoms with Gasteiger partial charge in [-0.1, -0.05) is 12.8 Å². The van der Waals surface area contributed by atoms with Crippen molar-refractivity contribution in [1.29, 1.82) is 0 Å². The van der Waals surface area contributed by atoms with Crippen molar-refractivity contribution in [3.63, 3.8) is 0 Å². The number of pyridine rings is 2. The van der Waals surface area contributed by atoms with E-state index in [1.54, 1.807) is 16.8 Å². The smallest absolute Gasteiger partial charge is 0.275 e. The maximum atomic E-state index is 12.8. The molecule has 0 amide bonds. The van der Waals surface area contributed by atoms with E-state index < -0.39 is 0 Å². The summed E-state index contributed by atoms with van der Waals surface area (Å²) >= 11 is 0. The van der Waals surface area contributed by atoms with Crippen LogP contribution in [0.5, 0.6) is 0 Å². The van der Waals surface area contributed by atoms with E-state index in [2.05, 4.69) is 50.4 Å². The molecule has 2 aliphatic rings. The average molecular weight is 435 g/mol. The number of anilines is 4. The quantitative estimate of drug-likeness (QED) is 0.574. The maximum absolute atomic E-state index is 12.8. The van der Waals surface area contributed by atoms with Gasteiger partial charge in [0.2, 0.25) is 5.95 Å². The molecule has 3 aromatic heterocycles. The molecule has 3 aromatic rings. The van der Waals surface area contributed by atoms with Crippen LogP contribution >= 0.6 is 0 Å². The van der Waals surface area contributed by atoms with E-state index in [1.807, 2.05) is 12.3 Å². The molecular weight excluding hydrogens is 404 g/mol. The van der Waals surface area contributed by atoms with E-state index in [0.717, 1.165) is 49.8 Å². The second kappa shape index (κ2) is 8.38. The van der Waals surface area contributed by atoms with Gasteiger partial charge >= 0.3 is 0 Å². The highest BCUT2D eigenvalue weighted by atomic mass is 16.1. The fourth-order valence-electron chi connectivity index (χ4n) is 5.00. The van der Waals surface area contributed by atoms with E-state index in [0.29, 0.717) is 29.5 Å². The van der Waals surface area contributed by atoms with Gasteiger partial charge < -0.3 is 21.3 Å². The van der Waals surface area contributed by atoms with Crippen molar-refractivity contribution < 1.29 is 0 Å². The van der Waals surface area contributed by atoms with Crippen molar-refractivity contribution in [3.8, 4) is 0 Å². The van der Waals surface area contributed by atoms with Gasteiger partial charge in [-0.25, -0.2) is 9.97 Å². The highest BCUT2D eigenvalue weighted by Gasteiger charge is 2.23. The van der Waals surface area contributed by atoms with Gasteiger partial charge in [0.15, 0.2) is 0 Å². The number of aromatic nitrogens is 4. The molecule has 2 unspecified atom stereocenters. The molecule has 0 radical (unpaired) electrons. The van der Waals surface area contributed by atoms with Crippen molar-refractivity contribution in [2.75, 3.05) is 29.0 Å². The van der Waals surface area contributed by atoms with Gasteiger partial charge in [0.25, 0.3) is 5.56 Å². The largest absolute Gasteiger partial charge is 0.394 e. The summed E-state index contributed by atoms with van der Waals surface area (Å²) in [6, 6.07) is 6.68. The molecule has 168 valence electrons. The molecule has 2 atom stereocenters. The highest BCUT2D eigenvalue weighted by molar-refractivity contribution is 5.79. The first kappa shape index (κ1) is 20.7. The van der Waals surface area contributed by atoms with Crippen LogP contribution in [0, 0.1) is 0 Å². The SMILES string of the molecule is CC1CN(c2ccc(Nc3ncc4cc(N)c(=O)n(C5CCCC5)c4n3)nc2)CC(C)N1. The zero-order valence-corrected chi connectivity index (χ0v) is 18.6. The lowest BCUT2D eigenvalue weighted by Gasteiger charge is -2.37. The lowest BCUT2D eigenvalue weighted by molar-refractivity contribution is 0.407. The first-order valence-corrected chi connectivity index (χ1v) is 11.4. The van der Waals surface area contributed by atoms with Crippen LogP contribution in [0.2, 0.25) is 0 Å². The van der Waals surface area contributed by atoms with E-state index in [4.69, 9.17) is 5.73 Å². The van der Waals surface area contributed by atoms with Crippen molar-refractivity contribution >= 4 is 34.2 Å². The standard InChI is InChI=1S/C23H30N8O/c1-14-12-30(13-15(2)27-14)18-7-8-20(25-11-18)28-23-26-10-16-9-19(24)22(32)31(21(16)29-23)17-5-3-4-6-17/h7-11,14-15,17,27H,3-6,12-13,24H2,1-2H3,(H,25,26,28,29). The third-order valence-electron chi connectivity index (χ3n) is 6.40. The number of piperazine rings is 1. The fourth-order valence-corrected chi connectivity index (χ4v) is 5.00. The Morgan fingerprint density at radius 3 is 2.53 bits per heavy atom. The van der Waals surface area contributed by atoms with Crippen molar-refractivity contribution in [2.24, 2.45) is 0 Å². The summed E-state index contributed by atoms with van der Waals surface area (Å²) in [5, 5.41) is 7.50. The molecule has 1 aliphatic carbocycles. The van der Waals surface area contributed by atoms with Crippen LogP contribution in [0.4, 0.5) is 23.1 Å². The molecule has 2 fully saturated rings. The number of hydrogen-bond acceptors (Lipinski definition) is 8. The van der Waals surface area contributed by atoms with Crippen molar-refractivity contribution in [2.45, 2.75) is 57.7 Å². The summed E-state index contributed by atoms with van der Waals surface area (Å²) in [7, 11) is 0. The first-order chi connectivity index (χ1) is 15.5. The second-order valence-corrected chi connectivity index (χ2v) is 9.09. The first-order valence-electron chi connectivity index (χ1n) is 11.4. The van der Waals surface area contributed by atoms with Crippen molar-refractivity contribution in [3.05, 3.63) is 40.9 Å². The van der Waals surface area contributed by atoms with Gasteiger partial charge in [-0.15, -0.1) is 0 Å². The molecule has 9 nitrogen and oxygen atoms in total. The summed E-state index contributed by atoms with van der Waals surface area (Å²) in [6.45, 7) is 6.30. The van der Waals surface area contributed by atoms with E-state index in [9.17, 15) is 4.79 Å². The second-order valence-electron chi connectivity index (χ2n) is 9.09. The van der Waals surface area contributed by atoms with Crippen LogP contribution in [0.15, 0.2) is 35.4 Å². The molecule has 9 heteroatoms. The minimum absolute atomic E-state index is 0.137. The molecule has 4 heterocycles. The van der Waals surface area contributed by atoms with Gasteiger partial charge in [-0.05, 0) is 44.9 Å². The summed E-state index contributed by atoms with van der Waals surface area (Å²) < 4.78 is 1.76. The topological polar surface area (TPSA) is 114 Å². The van der Waals surface area contributed by atoms with E-state index in [1.165, 1.54) is 0 Å².